The summed E-state index contributed by atoms with van der Waals surface area (Å²) in [7, 11) is 0. The minimum atomic E-state index is -1.02. The van der Waals surface area contributed by atoms with Crippen molar-refractivity contribution in [3.8, 4) is 0 Å². The number of hydrogen-bond donors (Lipinski definition) is 2. The van der Waals surface area contributed by atoms with Crippen LogP contribution in [-0.2, 0) is 6.54 Å². The number of carboxylic acid groups (broad SMARTS) is 1. The molecule has 0 aliphatic rings. The summed E-state index contributed by atoms with van der Waals surface area (Å²) in [6.45, 7) is 3.44. The van der Waals surface area contributed by atoms with E-state index < -0.39 is 5.97 Å². The van der Waals surface area contributed by atoms with Crippen LogP contribution in [0.5, 0.6) is 0 Å². The first-order chi connectivity index (χ1) is 8.65. The van der Waals surface area contributed by atoms with Crippen LogP contribution >= 0.6 is 0 Å². The standard InChI is InChI=1S/C12H14N4O2/c1-9-6-15-16(8-9)5-4-13-10-2-3-11(12(17)18)14-7-10/h2-3,6-8,13H,4-5H2,1H3,(H,17,18). The van der Waals surface area contributed by atoms with E-state index in [1.54, 1.807) is 6.07 Å². The quantitative estimate of drug-likeness (QED) is 0.833. The van der Waals surface area contributed by atoms with Crippen LogP contribution in [0.15, 0.2) is 30.7 Å². The molecular weight excluding hydrogens is 232 g/mol. The number of nitrogens with one attached hydrogen (secondary N) is 1. The van der Waals surface area contributed by atoms with Gasteiger partial charge in [0.25, 0.3) is 0 Å². The molecule has 2 N–H and O–H groups in total. The Labute approximate surface area is 104 Å². The van der Waals surface area contributed by atoms with E-state index in [0.29, 0.717) is 6.54 Å². The molecule has 0 aliphatic carbocycles. The average molecular weight is 246 g/mol. The van der Waals surface area contributed by atoms with E-state index in [0.717, 1.165) is 17.8 Å². The van der Waals surface area contributed by atoms with E-state index in [4.69, 9.17) is 5.11 Å². The van der Waals surface area contributed by atoms with Gasteiger partial charge in [0.1, 0.15) is 5.69 Å². The van der Waals surface area contributed by atoms with Crippen LogP contribution in [0, 0.1) is 6.92 Å². The molecule has 0 unspecified atom stereocenters. The van der Waals surface area contributed by atoms with Gasteiger partial charge in [0.15, 0.2) is 0 Å². The Hall–Kier alpha value is -2.37. The molecule has 6 nitrogen and oxygen atoms in total. The van der Waals surface area contributed by atoms with E-state index in [1.807, 2.05) is 24.0 Å². The molecule has 0 radical (unpaired) electrons. The van der Waals surface area contributed by atoms with Gasteiger partial charge in [-0.2, -0.15) is 5.10 Å². The molecule has 0 bridgehead atoms. The van der Waals surface area contributed by atoms with Crippen molar-refractivity contribution in [2.24, 2.45) is 0 Å². The molecule has 94 valence electrons. The number of carboxylic acids is 1. The molecule has 0 saturated carbocycles. The zero-order chi connectivity index (χ0) is 13.0. The molecule has 6 heteroatoms. The van der Waals surface area contributed by atoms with Gasteiger partial charge in [-0.1, -0.05) is 0 Å². The van der Waals surface area contributed by atoms with Crippen molar-refractivity contribution in [3.63, 3.8) is 0 Å². The average Bonchev–Trinajstić information content (AvgIpc) is 2.76. The van der Waals surface area contributed by atoms with Gasteiger partial charge in [0.2, 0.25) is 0 Å². The molecule has 0 aliphatic heterocycles. The van der Waals surface area contributed by atoms with Gasteiger partial charge < -0.3 is 10.4 Å². The third-order valence-corrected chi connectivity index (χ3v) is 2.41. The van der Waals surface area contributed by atoms with Crippen LogP contribution in [0.4, 0.5) is 5.69 Å². The lowest BCUT2D eigenvalue weighted by molar-refractivity contribution is 0.0690. The maximum Gasteiger partial charge on any atom is 0.354 e. The minimum absolute atomic E-state index is 0.0447. The van der Waals surface area contributed by atoms with E-state index >= 15 is 0 Å². The second kappa shape index (κ2) is 5.31. The Morgan fingerprint density at radius 3 is 2.83 bits per heavy atom. The number of aromatic nitrogens is 3. The largest absolute Gasteiger partial charge is 0.477 e. The fraction of sp³-hybridized carbons (Fsp3) is 0.250. The highest BCUT2D eigenvalue weighted by Gasteiger charge is 2.03. The van der Waals surface area contributed by atoms with Gasteiger partial charge in [-0.05, 0) is 24.6 Å². The van der Waals surface area contributed by atoms with Crippen molar-refractivity contribution in [2.45, 2.75) is 13.5 Å². The van der Waals surface area contributed by atoms with Crippen molar-refractivity contribution in [3.05, 3.63) is 42.0 Å². The lowest BCUT2D eigenvalue weighted by Gasteiger charge is -2.06. The fourth-order valence-electron chi connectivity index (χ4n) is 1.53. The third-order valence-electron chi connectivity index (χ3n) is 2.41. The number of aromatic carboxylic acids is 1. The van der Waals surface area contributed by atoms with Crippen LogP contribution in [0.1, 0.15) is 16.1 Å². The van der Waals surface area contributed by atoms with Crippen molar-refractivity contribution in [1.82, 2.24) is 14.8 Å². The van der Waals surface area contributed by atoms with Crippen molar-refractivity contribution < 1.29 is 9.90 Å². The lowest BCUT2D eigenvalue weighted by atomic mass is 10.3. The number of carbonyl (C=O) groups is 1. The molecule has 0 amide bonds. The van der Waals surface area contributed by atoms with Crippen molar-refractivity contribution >= 4 is 11.7 Å². The van der Waals surface area contributed by atoms with Gasteiger partial charge in [0.05, 0.1) is 24.6 Å². The molecule has 2 heterocycles. The number of hydrogen-bond acceptors (Lipinski definition) is 4. The molecular formula is C12H14N4O2. The van der Waals surface area contributed by atoms with Gasteiger partial charge >= 0.3 is 5.97 Å². The monoisotopic (exact) mass is 246 g/mol. The Morgan fingerprint density at radius 1 is 1.44 bits per heavy atom. The summed E-state index contributed by atoms with van der Waals surface area (Å²) >= 11 is 0. The SMILES string of the molecule is Cc1cnn(CCNc2ccc(C(=O)O)nc2)c1. The molecule has 0 spiro atoms. The smallest absolute Gasteiger partial charge is 0.354 e. The third kappa shape index (κ3) is 3.07. The van der Waals surface area contributed by atoms with Gasteiger partial charge in [0, 0.05) is 12.7 Å². The summed E-state index contributed by atoms with van der Waals surface area (Å²) in [5, 5.41) is 16.0. The van der Waals surface area contributed by atoms with E-state index in [1.165, 1.54) is 12.3 Å². The van der Waals surface area contributed by atoms with Gasteiger partial charge in [-0.3, -0.25) is 4.68 Å². The maximum absolute atomic E-state index is 10.6. The van der Waals surface area contributed by atoms with E-state index in [9.17, 15) is 4.79 Å². The Balaban J connectivity index is 1.85. The predicted octanol–water partition coefficient (Wildman–Crippen LogP) is 1.40. The van der Waals surface area contributed by atoms with Crippen LogP contribution in [0.2, 0.25) is 0 Å². The zero-order valence-corrected chi connectivity index (χ0v) is 10.00. The Kier molecular flexibility index (Phi) is 3.57. The van der Waals surface area contributed by atoms with Crippen LogP contribution in [-0.4, -0.2) is 32.4 Å². The molecule has 18 heavy (non-hydrogen) atoms. The molecule has 0 aromatic carbocycles. The Morgan fingerprint density at radius 2 is 2.28 bits per heavy atom. The van der Waals surface area contributed by atoms with E-state index in [-0.39, 0.29) is 5.69 Å². The summed E-state index contributed by atoms with van der Waals surface area (Å²) in [5.74, 6) is -1.02. The number of aryl methyl sites for hydroxylation is 1. The van der Waals surface area contributed by atoms with Crippen molar-refractivity contribution in [2.75, 3.05) is 11.9 Å². The summed E-state index contributed by atoms with van der Waals surface area (Å²) in [6, 6.07) is 3.17. The second-order valence-electron chi connectivity index (χ2n) is 3.94. The molecule has 0 atom stereocenters. The minimum Gasteiger partial charge on any atom is -0.477 e. The summed E-state index contributed by atoms with van der Waals surface area (Å²) < 4.78 is 1.85. The normalized spacial score (nSPS) is 10.3. The summed E-state index contributed by atoms with van der Waals surface area (Å²) in [4.78, 5) is 14.4. The van der Waals surface area contributed by atoms with Crippen LogP contribution < -0.4 is 5.32 Å². The summed E-state index contributed by atoms with van der Waals surface area (Å²) in [6.07, 6.45) is 5.29. The zero-order valence-electron chi connectivity index (χ0n) is 10.00. The predicted molar refractivity (Wildman–Crippen MR) is 66.7 cm³/mol. The topological polar surface area (TPSA) is 80.0 Å². The van der Waals surface area contributed by atoms with E-state index in [2.05, 4.69) is 15.4 Å². The second-order valence-corrected chi connectivity index (χ2v) is 3.94. The van der Waals surface area contributed by atoms with Crippen LogP contribution in [0.3, 0.4) is 0 Å². The first-order valence-electron chi connectivity index (χ1n) is 5.57. The molecule has 0 saturated heterocycles. The highest BCUT2D eigenvalue weighted by Crippen LogP contribution is 2.05. The van der Waals surface area contributed by atoms with Crippen molar-refractivity contribution in [1.29, 1.82) is 0 Å². The highest BCUT2D eigenvalue weighted by atomic mass is 16.4. The number of anilines is 1. The Bertz CT molecular complexity index is 533. The fourth-order valence-corrected chi connectivity index (χ4v) is 1.53. The number of nitrogens with zero attached hydrogens (tertiary/aromatic N) is 3. The van der Waals surface area contributed by atoms with Gasteiger partial charge in [-0.15, -0.1) is 0 Å². The molecule has 2 aromatic rings. The first-order valence-corrected chi connectivity index (χ1v) is 5.57. The lowest BCUT2D eigenvalue weighted by Crippen LogP contribution is -2.11. The number of rotatable bonds is 5. The van der Waals surface area contributed by atoms with Crippen LogP contribution in [0.25, 0.3) is 0 Å². The first kappa shape index (κ1) is 12.1. The molecule has 2 rings (SSSR count). The van der Waals surface area contributed by atoms with Gasteiger partial charge in [-0.25, -0.2) is 9.78 Å². The summed E-state index contributed by atoms with van der Waals surface area (Å²) in [5.41, 5.74) is 1.97. The highest BCUT2D eigenvalue weighted by molar-refractivity contribution is 5.85. The molecule has 0 fully saturated rings. The number of pyridine rings is 1. The molecule has 2 aromatic heterocycles. The maximum atomic E-state index is 10.6.